The number of rotatable bonds is 9. The van der Waals surface area contributed by atoms with Crippen molar-refractivity contribution in [3.63, 3.8) is 0 Å². The molecular weight excluding hydrogens is 330 g/mol. The molecule has 2 atom stereocenters. The number of nitrogens with zero attached hydrogens (tertiary/aromatic N) is 1. The number of likely N-dealkylation sites (N-methyl/N-ethyl adjacent to an activating group) is 1. The van der Waals surface area contributed by atoms with Crippen LogP contribution in [0.25, 0.3) is 0 Å². The van der Waals surface area contributed by atoms with Crippen LogP contribution in [0.4, 0.5) is 0 Å². The summed E-state index contributed by atoms with van der Waals surface area (Å²) < 4.78 is 5.19. The molecule has 2 aromatic rings. The minimum absolute atomic E-state index is 0.180. The van der Waals surface area contributed by atoms with Crippen LogP contribution in [0, 0.1) is 0 Å². The average molecular weight is 357 g/mol. The first kappa shape index (κ1) is 19.7. The topological polar surface area (TPSA) is 74.6 Å². The van der Waals surface area contributed by atoms with Crippen molar-refractivity contribution >= 4 is 11.8 Å². The molecule has 0 aliphatic carbocycles. The largest absolute Gasteiger partial charge is 0.467 e. The third kappa shape index (κ3) is 5.20. The molecule has 0 radical (unpaired) electrons. The molecule has 1 aromatic carbocycles. The molecule has 140 valence electrons. The van der Waals surface area contributed by atoms with Crippen LogP contribution in [0.5, 0.6) is 0 Å². The minimum atomic E-state index is -0.640. The number of hydrogen-bond donors (Lipinski definition) is 2. The van der Waals surface area contributed by atoms with Gasteiger partial charge in [0.25, 0.3) is 0 Å². The first-order chi connectivity index (χ1) is 12.6. The molecule has 2 unspecified atom stereocenters. The van der Waals surface area contributed by atoms with Gasteiger partial charge in [-0.3, -0.25) is 14.5 Å². The molecule has 0 fully saturated rings. The van der Waals surface area contributed by atoms with Gasteiger partial charge in [-0.1, -0.05) is 44.2 Å². The Morgan fingerprint density at radius 1 is 1.04 bits per heavy atom. The fraction of sp³-hybridized carbons (Fsp3) is 0.400. The molecule has 0 bridgehead atoms. The number of amides is 2. The van der Waals surface area contributed by atoms with Gasteiger partial charge in [0.2, 0.25) is 11.8 Å². The molecule has 0 saturated heterocycles. The predicted molar refractivity (Wildman–Crippen MR) is 100 cm³/mol. The third-order valence-corrected chi connectivity index (χ3v) is 4.31. The molecule has 2 N–H and O–H groups in total. The first-order valence-corrected chi connectivity index (χ1v) is 8.96. The smallest absolute Gasteiger partial charge is 0.242 e. The average Bonchev–Trinajstić information content (AvgIpc) is 3.18. The molecule has 2 rings (SSSR count). The van der Waals surface area contributed by atoms with Crippen molar-refractivity contribution in [2.75, 3.05) is 13.1 Å². The highest BCUT2D eigenvalue weighted by molar-refractivity contribution is 5.90. The van der Waals surface area contributed by atoms with Crippen molar-refractivity contribution in [2.24, 2.45) is 0 Å². The summed E-state index contributed by atoms with van der Waals surface area (Å²) in [6.45, 7) is 7.49. The molecule has 6 nitrogen and oxygen atoms in total. The van der Waals surface area contributed by atoms with Gasteiger partial charge in [0.1, 0.15) is 17.8 Å². The van der Waals surface area contributed by atoms with Crippen LogP contribution >= 0.6 is 0 Å². The van der Waals surface area contributed by atoms with Gasteiger partial charge in [-0.15, -0.1) is 0 Å². The number of carbonyl (C=O) groups excluding carboxylic acids is 2. The van der Waals surface area contributed by atoms with Crippen molar-refractivity contribution < 1.29 is 14.0 Å². The summed E-state index contributed by atoms with van der Waals surface area (Å²) in [5.74, 6) is 0.240. The van der Waals surface area contributed by atoms with Crippen LogP contribution in [-0.2, 0) is 16.1 Å². The van der Waals surface area contributed by atoms with Gasteiger partial charge in [0.05, 0.1) is 12.8 Å². The maximum atomic E-state index is 12.9. The number of carbonyl (C=O) groups is 2. The lowest BCUT2D eigenvalue weighted by molar-refractivity contribution is -0.132. The van der Waals surface area contributed by atoms with Crippen molar-refractivity contribution in [2.45, 2.75) is 39.4 Å². The van der Waals surface area contributed by atoms with Gasteiger partial charge in [0, 0.05) is 0 Å². The Hall–Kier alpha value is -2.60. The fourth-order valence-corrected chi connectivity index (χ4v) is 2.85. The van der Waals surface area contributed by atoms with Crippen molar-refractivity contribution in [3.8, 4) is 0 Å². The normalized spacial score (nSPS) is 13.2. The molecule has 1 heterocycles. The molecule has 0 aliphatic rings. The van der Waals surface area contributed by atoms with E-state index in [9.17, 15) is 9.59 Å². The number of benzene rings is 1. The zero-order valence-corrected chi connectivity index (χ0v) is 15.6. The number of hydrogen-bond acceptors (Lipinski definition) is 4. The molecule has 6 heteroatoms. The Balaban J connectivity index is 2.02. The van der Waals surface area contributed by atoms with Crippen LogP contribution in [0.3, 0.4) is 0 Å². The Kier molecular flexibility index (Phi) is 7.41. The minimum Gasteiger partial charge on any atom is -0.467 e. The molecule has 1 aromatic heterocycles. The van der Waals surface area contributed by atoms with Gasteiger partial charge < -0.3 is 15.1 Å². The quantitative estimate of drug-likeness (QED) is 0.723. The van der Waals surface area contributed by atoms with E-state index >= 15 is 0 Å². The second kappa shape index (κ2) is 9.77. The second-order valence-electron chi connectivity index (χ2n) is 6.06. The van der Waals surface area contributed by atoms with Crippen LogP contribution < -0.4 is 10.6 Å². The van der Waals surface area contributed by atoms with Crippen LogP contribution in [-0.4, -0.2) is 35.8 Å². The lowest BCUT2D eigenvalue weighted by Crippen LogP contribution is -2.49. The summed E-state index contributed by atoms with van der Waals surface area (Å²) in [5, 5.41) is 5.60. The maximum Gasteiger partial charge on any atom is 0.242 e. The van der Waals surface area contributed by atoms with E-state index in [2.05, 4.69) is 15.5 Å². The van der Waals surface area contributed by atoms with Crippen molar-refractivity contribution in [1.29, 1.82) is 0 Å². The highest BCUT2D eigenvalue weighted by Crippen LogP contribution is 2.20. The fourth-order valence-electron chi connectivity index (χ4n) is 2.85. The SMILES string of the molecule is CCN(CC)C(C(=O)NC(C)C(=O)NCc1ccco1)c1ccccc1. The van der Waals surface area contributed by atoms with E-state index in [1.54, 1.807) is 25.3 Å². The molecule has 2 amide bonds. The van der Waals surface area contributed by atoms with Gasteiger partial charge >= 0.3 is 0 Å². The van der Waals surface area contributed by atoms with E-state index in [1.807, 2.05) is 44.2 Å². The molecule has 0 aliphatic heterocycles. The van der Waals surface area contributed by atoms with Crippen LogP contribution in [0.1, 0.15) is 38.1 Å². The van der Waals surface area contributed by atoms with Gasteiger partial charge in [-0.2, -0.15) is 0 Å². The van der Waals surface area contributed by atoms with Gasteiger partial charge in [-0.05, 0) is 37.7 Å². The van der Waals surface area contributed by atoms with Crippen LogP contribution in [0.2, 0.25) is 0 Å². The summed E-state index contributed by atoms with van der Waals surface area (Å²) in [7, 11) is 0. The molecular formula is C20H27N3O3. The van der Waals surface area contributed by atoms with Crippen molar-refractivity contribution in [3.05, 3.63) is 60.1 Å². The summed E-state index contributed by atoms with van der Waals surface area (Å²) in [4.78, 5) is 27.2. The summed E-state index contributed by atoms with van der Waals surface area (Å²) in [6.07, 6.45) is 1.56. The van der Waals surface area contributed by atoms with Crippen molar-refractivity contribution in [1.82, 2.24) is 15.5 Å². The standard InChI is InChI=1S/C20H27N3O3/c1-4-23(5-2)18(16-10-7-6-8-11-16)20(25)22-15(3)19(24)21-14-17-12-9-13-26-17/h6-13,15,18H,4-5,14H2,1-3H3,(H,21,24)(H,22,25). The Bertz CT molecular complexity index is 682. The Labute approximate surface area is 154 Å². The zero-order chi connectivity index (χ0) is 18.9. The molecule has 0 saturated carbocycles. The second-order valence-corrected chi connectivity index (χ2v) is 6.06. The van der Waals surface area contributed by atoms with E-state index in [0.29, 0.717) is 12.3 Å². The number of nitrogens with one attached hydrogen (secondary N) is 2. The lowest BCUT2D eigenvalue weighted by atomic mass is 10.0. The van der Waals surface area contributed by atoms with Gasteiger partial charge in [0.15, 0.2) is 0 Å². The highest BCUT2D eigenvalue weighted by atomic mass is 16.3. The van der Waals surface area contributed by atoms with E-state index < -0.39 is 12.1 Å². The van der Waals surface area contributed by atoms with Crippen LogP contribution in [0.15, 0.2) is 53.1 Å². The number of furan rings is 1. The summed E-state index contributed by atoms with van der Waals surface area (Å²) in [5.41, 5.74) is 0.914. The van der Waals surface area contributed by atoms with E-state index in [1.165, 1.54) is 0 Å². The predicted octanol–water partition coefficient (Wildman–Crippen LogP) is 2.48. The Morgan fingerprint density at radius 3 is 2.31 bits per heavy atom. The van der Waals surface area contributed by atoms with E-state index in [-0.39, 0.29) is 11.8 Å². The van der Waals surface area contributed by atoms with Gasteiger partial charge in [-0.25, -0.2) is 0 Å². The summed E-state index contributed by atoms with van der Waals surface area (Å²) in [6, 6.07) is 12.1. The third-order valence-electron chi connectivity index (χ3n) is 4.31. The summed E-state index contributed by atoms with van der Waals surface area (Å²) >= 11 is 0. The van der Waals surface area contributed by atoms with E-state index in [4.69, 9.17) is 4.42 Å². The first-order valence-electron chi connectivity index (χ1n) is 8.96. The zero-order valence-electron chi connectivity index (χ0n) is 15.6. The molecule has 0 spiro atoms. The highest BCUT2D eigenvalue weighted by Gasteiger charge is 2.28. The Morgan fingerprint density at radius 2 is 1.73 bits per heavy atom. The lowest BCUT2D eigenvalue weighted by Gasteiger charge is -2.30. The monoisotopic (exact) mass is 357 g/mol. The molecule has 26 heavy (non-hydrogen) atoms. The van der Waals surface area contributed by atoms with E-state index in [0.717, 1.165) is 18.7 Å². The maximum absolute atomic E-state index is 12.9.